The first-order valence-electron chi connectivity index (χ1n) is 11.1. The summed E-state index contributed by atoms with van der Waals surface area (Å²) in [5.74, 6) is 1.57. The van der Waals surface area contributed by atoms with Crippen molar-refractivity contribution in [2.75, 3.05) is 40.0 Å². The van der Waals surface area contributed by atoms with Crippen LogP contribution in [0.3, 0.4) is 0 Å². The maximum Gasteiger partial charge on any atom is 0.346 e. The second-order valence-electron chi connectivity index (χ2n) is 8.47. The third-order valence-corrected chi connectivity index (χ3v) is 8.08. The lowest BCUT2D eigenvalue weighted by Gasteiger charge is -2.31. The van der Waals surface area contributed by atoms with E-state index in [1.54, 1.807) is 23.8 Å². The van der Waals surface area contributed by atoms with Crippen molar-refractivity contribution in [2.24, 2.45) is 0 Å². The Bertz CT molecular complexity index is 1150. The minimum absolute atomic E-state index is 0.132. The highest BCUT2D eigenvalue weighted by atomic mass is 32.2. The van der Waals surface area contributed by atoms with Crippen LogP contribution in [0.4, 0.5) is 0 Å². The van der Waals surface area contributed by atoms with Gasteiger partial charge in [0.05, 0.1) is 18.0 Å². The van der Waals surface area contributed by atoms with Crippen molar-refractivity contribution in [1.82, 2.24) is 18.7 Å². The number of piperidine rings is 1. The molecule has 3 aliphatic rings. The molecule has 1 aromatic carbocycles. The van der Waals surface area contributed by atoms with Gasteiger partial charge in [0.15, 0.2) is 11.5 Å². The number of aromatic nitrogens is 3. The first kappa shape index (κ1) is 21.5. The van der Waals surface area contributed by atoms with Gasteiger partial charge in [-0.05, 0) is 37.8 Å². The van der Waals surface area contributed by atoms with Gasteiger partial charge in [0, 0.05) is 38.2 Å². The molecule has 1 unspecified atom stereocenters. The standard InChI is InChI=1S/C21H28N4O6S/c1-29-10-9-24-21(26)25(16-4-5-16)20(22-24)15-3-2-8-23(14-15)32(27,28)17-6-7-18-19(13-17)31-12-11-30-18/h6-7,13,15-16H,2-5,8-12,14H2,1H3. The van der Waals surface area contributed by atoms with Crippen LogP contribution in [0.25, 0.3) is 0 Å². The highest BCUT2D eigenvalue weighted by molar-refractivity contribution is 7.89. The zero-order valence-electron chi connectivity index (χ0n) is 18.1. The fraction of sp³-hybridized carbons (Fsp3) is 0.619. The predicted octanol–water partition coefficient (Wildman–Crippen LogP) is 1.37. The van der Waals surface area contributed by atoms with E-state index in [-0.39, 0.29) is 22.5 Å². The first-order valence-corrected chi connectivity index (χ1v) is 12.5. The number of sulfonamides is 1. The van der Waals surface area contributed by atoms with Crippen molar-refractivity contribution < 1.29 is 22.6 Å². The van der Waals surface area contributed by atoms with Crippen LogP contribution in [-0.4, -0.2) is 67.1 Å². The maximum absolute atomic E-state index is 13.4. The van der Waals surface area contributed by atoms with Gasteiger partial charge in [-0.3, -0.25) is 4.57 Å². The Balaban J connectivity index is 1.42. The summed E-state index contributed by atoms with van der Waals surface area (Å²) >= 11 is 0. The summed E-state index contributed by atoms with van der Waals surface area (Å²) in [6, 6.07) is 4.91. The highest BCUT2D eigenvalue weighted by Crippen LogP contribution is 2.38. The van der Waals surface area contributed by atoms with E-state index in [1.165, 1.54) is 15.1 Å². The molecule has 3 heterocycles. The number of benzene rings is 1. The van der Waals surface area contributed by atoms with Gasteiger partial charge in [0.2, 0.25) is 10.0 Å². The molecule has 1 aliphatic carbocycles. The smallest absolute Gasteiger partial charge is 0.346 e. The Hall–Kier alpha value is -2.37. The zero-order chi connectivity index (χ0) is 22.3. The van der Waals surface area contributed by atoms with Crippen molar-refractivity contribution in [2.45, 2.75) is 49.1 Å². The largest absolute Gasteiger partial charge is 0.486 e. The predicted molar refractivity (Wildman–Crippen MR) is 115 cm³/mol. The van der Waals surface area contributed by atoms with Crippen LogP contribution >= 0.6 is 0 Å². The second-order valence-corrected chi connectivity index (χ2v) is 10.4. The van der Waals surface area contributed by atoms with Crippen molar-refractivity contribution >= 4 is 10.0 Å². The molecule has 1 saturated carbocycles. The molecule has 1 atom stereocenters. The van der Waals surface area contributed by atoms with Gasteiger partial charge < -0.3 is 14.2 Å². The van der Waals surface area contributed by atoms with Crippen LogP contribution in [-0.2, 0) is 21.3 Å². The molecule has 0 spiro atoms. The summed E-state index contributed by atoms with van der Waals surface area (Å²) in [6.45, 7) is 2.36. The van der Waals surface area contributed by atoms with Crippen molar-refractivity contribution in [3.05, 3.63) is 34.5 Å². The molecule has 11 heteroatoms. The van der Waals surface area contributed by atoms with E-state index in [2.05, 4.69) is 5.10 Å². The average molecular weight is 465 g/mol. The van der Waals surface area contributed by atoms with E-state index >= 15 is 0 Å². The fourth-order valence-electron chi connectivity index (χ4n) is 4.42. The van der Waals surface area contributed by atoms with Crippen LogP contribution in [0.5, 0.6) is 11.5 Å². The number of hydrogen-bond acceptors (Lipinski definition) is 7. The SMILES string of the molecule is COCCn1nc(C2CCCN(S(=O)(=O)c3ccc4c(c3)OCCO4)C2)n(C2CC2)c1=O. The molecule has 0 bridgehead atoms. The Morgan fingerprint density at radius 2 is 1.94 bits per heavy atom. The van der Waals surface area contributed by atoms with Gasteiger partial charge in [-0.25, -0.2) is 17.9 Å². The van der Waals surface area contributed by atoms with E-state index in [9.17, 15) is 13.2 Å². The number of ether oxygens (including phenoxy) is 3. The number of nitrogens with zero attached hydrogens (tertiary/aromatic N) is 4. The Morgan fingerprint density at radius 3 is 2.69 bits per heavy atom. The van der Waals surface area contributed by atoms with Crippen LogP contribution in [0.1, 0.15) is 43.5 Å². The van der Waals surface area contributed by atoms with Gasteiger partial charge in [-0.15, -0.1) is 0 Å². The zero-order valence-corrected chi connectivity index (χ0v) is 18.9. The van der Waals surface area contributed by atoms with Crippen LogP contribution in [0.15, 0.2) is 27.9 Å². The Labute approximate surface area is 186 Å². The third kappa shape index (κ3) is 3.93. The summed E-state index contributed by atoms with van der Waals surface area (Å²) in [6.07, 6.45) is 3.41. The molecular weight excluding hydrogens is 436 g/mol. The molecule has 1 saturated heterocycles. The lowest BCUT2D eigenvalue weighted by molar-refractivity contribution is 0.171. The summed E-state index contributed by atoms with van der Waals surface area (Å²) in [5, 5.41) is 4.61. The second kappa shape index (κ2) is 8.53. The topological polar surface area (TPSA) is 105 Å². The maximum atomic E-state index is 13.4. The molecule has 0 radical (unpaired) electrons. The van der Waals surface area contributed by atoms with Gasteiger partial charge in [0.25, 0.3) is 0 Å². The van der Waals surface area contributed by atoms with Crippen LogP contribution in [0.2, 0.25) is 0 Å². The van der Waals surface area contributed by atoms with Gasteiger partial charge >= 0.3 is 5.69 Å². The molecular formula is C21H28N4O6S. The molecule has 32 heavy (non-hydrogen) atoms. The summed E-state index contributed by atoms with van der Waals surface area (Å²) in [5.41, 5.74) is -0.133. The summed E-state index contributed by atoms with van der Waals surface area (Å²) in [4.78, 5) is 13.1. The van der Waals surface area contributed by atoms with Crippen LogP contribution < -0.4 is 15.2 Å². The van der Waals surface area contributed by atoms with E-state index in [4.69, 9.17) is 14.2 Å². The molecule has 10 nitrogen and oxygen atoms in total. The molecule has 2 aliphatic heterocycles. The number of hydrogen-bond donors (Lipinski definition) is 0. The number of methoxy groups -OCH3 is 1. The van der Waals surface area contributed by atoms with E-state index in [0.717, 1.165) is 19.3 Å². The lowest BCUT2D eigenvalue weighted by atomic mass is 9.99. The van der Waals surface area contributed by atoms with E-state index < -0.39 is 10.0 Å². The number of fused-ring (bicyclic) bond motifs is 1. The van der Waals surface area contributed by atoms with Crippen molar-refractivity contribution in [3.8, 4) is 11.5 Å². The van der Waals surface area contributed by atoms with Crippen molar-refractivity contribution in [3.63, 3.8) is 0 Å². The molecule has 0 amide bonds. The lowest BCUT2D eigenvalue weighted by Crippen LogP contribution is -2.40. The molecule has 1 aromatic heterocycles. The highest BCUT2D eigenvalue weighted by Gasteiger charge is 2.37. The summed E-state index contributed by atoms with van der Waals surface area (Å²) < 4.78 is 47.7. The molecule has 5 rings (SSSR count). The van der Waals surface area contributed by atoms with Gasteiger partial charge in [-0.1, -0.05) is 0 Å². The minimum atomic E-state index is -3.72. The number of rotatable bonds is 7. The average Bonchev–Trinajstić information content (AvgIpc) is 3.60. The van der Waals surface area contributed by atoms with Crippen molar-refractivity contribution in [1.29, 1.82) is 0 Å². The first-order chi connectivity index (χ1) is 15.5. The molecule has 174 valence electrons. The van der Waals surface area contributed by atoms with E-state index in [1.807, 2.05) is 0 Å². The minimum Gasteiger partial charge on any atom is -0.486 e. The monoisotopic (exact) mass is 464 g/mol. The normalized spacial score (nSPS) is 21.6. The van der Waals surface area contributed by atoms with Crippen LogP contribution in [0, 0.1) is 0 Å². The van der Waals surface area contributed by atoms with Gasteiger partial charge in [0.1, 0.15) is 19.0 Å². The molecule has 2 aromatic rings. The molecule has 0 N–H and O–H groups in total. The third-order valence-electron chi connectivity index (χ3n) is 6.22. The quantitative estimate of drug-likeness (QED) is 0.609. The summed E-state index contributed by atoms with van der Waals surface area (Å²) in [7, 11) is -2.13. The van der Waals surface area contributed by atoms with E-state index in [0.29, 0.717) is 63.2 Å². The Morgan fingerprint density at radius 1 is 1.16 bits per heavy atom. The van der Waals surface area contributed by atoms with Gasteiger partial charge in [-0.2, -0.15) is 9.40 Å². The Kier molecular flexibility index (Phi) is 5.72. The molecule has 2 fully saturated rings. The fourth-order valence-corrected chi connectivity index (χ4v) is 5.96.